The average Bonchev–Trinajstić information content (AvgIpc) is 2.16. The number of amides is 1. The first kappa shape index (κ1) is 14.0. The van der Waals surface area contributed by atoms with Gasteiger partial charge in [-0.3, -0.25) is 4.79 Å². The van der Waals surface area contributed by atoms with Gasteiger partial charge in [0.1, 0.15) is 0 Å². The van der Waals surface area contributed by atoms with Gasteiger partial charge in [-0.2, -0.15) is 10.5 Å². The van der Waals surface area contributed by atoms with Gasteiger partial charge < -0.3 is 4.90 Å². The summed E-state index contributed by atoms with van der Waals surface area (Å²) in [4.78, 5) is 12.9. The van der Waals surface area contributed by atoms with E-state index in [0.29, 0.717) is 0 Å². The van der Waals surface area contributed by atoms with Crippen molar-refractivity contribution in [2.24, 2.45) is 0 Å². The molecular weight excluding hydrogens is 237 g/mol. The van der Waals surface area contributed by atoms with Crippen LogP contribution in [-0.4, -0.2) is 28.2 Å². The molecule has 0 unspecified atom stereocenters. The zero-order valence-electron chi connectivity index (χ0n) is 8.33. The van der Waals surface area contributed by atoms with Crippen molar-refractivity contribution < 1.29 is 4.79 Å². The second-order valence-electron chi connectivity index (χ2n) is 3.00. The fourth-order valence-corrected chi connectivity index (χ4v) is 1.20. The van der Waals surface area contributed by atoms with Crippen molar-refractivity contribution in [3.8, 4) is 12.1 Å². The fourth-order valence-electron chi connectivity index (χ4n) is 0.962. The maximum absolute atomic E-state index is 11.6. The fraction of sp³-hybridized carbons (Fsp3) is 0.667. The summed E-state index contributed by atoms with van der Waals surface area (Å²) < 4.78 is -1.51. The molecule has 0 aromatic carbocycles. The maximum atomic E-state index is 11.6. The molecule has 0 fully saturated rings. The van der Waals surface area contributed by atoms with E-state index >= 15 is 0 Å². The van der Waals surface area contributed by atoms with Crippen molar-refractivity contribution >= 4 is 29.1 Å². The number of hydrogen-bond acceptors (Lipinski definition) is 3. The van der Waals surface area contributed by atoms with Crippen LogP contribution in [-0.2, 0) is 4.79 Å². The first-order valence-electron chi connectivity index (χ1n) is 4.34. The Hall–Kier alpha value is -0.970. The largest absolute Gasteiger partial charge is 0.338 e. The summed E-state index contributed by atoms with van der Waals surface area (Å²) in [6.07, 6.45) is 0.391. The molecule has 0 rings (SSSR count). The summed E-state index contributed by atoms with van der Waals surface area (Å²) >= 11 is 11.3. The lowest BCUT2D eigenvalue weighted by Gasteiger charge is -2.25. The van der Waals surface area contributed by atoms with Crippen LogP contribution < -0.4 is 0 Å². The minimum Gasteiger partial charge on any atom is -0.338 e. The van der Waals surface area contributed by atoms with Crippen molar-refractivity contribution in [1.82, 2.24) is 4.90 Å². The Kier molecular flexibility index (Phi) is 6.08. The van der Waals surface area contributed by atoms with E-state index in [-0.39, 0.29) is 25.9 Å². The summed E-state index contributed by atoms with van der Waals surface area (Å²) in [5.41, 5.74) is 0. The molecule has 0 N–H and O–H groups in total. The first-order valence-corrected chi connectivity index (χ1v) is 5.10. The van der Waals surface area contributed by atoms with Gasteiger partial charge in [-0.25, -0.2) is 0 Å². The van der Waals surface area contributed by atoms with Gasteiger partial charge >= 0.3 is 0 Å². The summed E-state index contributed by atoms with van der Waals surface area (Å²) in [6, 6.07) is 3.84. The van der Waals surface area contributed by atoms with Gasteiger partial charge in [-0.15, -0.1) is 0 Å². The number of nitrogens with zero attached hydrogens (tertiary/aromatic N) is 3. The lowest BCUT2D eigenvalue weighted by molar-refractivity contribution is -0.131. The molecule has 0 atom stereocenters. The van der Waals surface area contributed by atoms with Crippen LogP contribution in [0.1, 0.15) is 19.8 Å². The molecule has 0 aliphatic rings. The molecule has 0 radical (unpaired) electrons. The number of nitriles is 2. The topological polar surface area (TPSA) is 67.9 Å². The van der Waals surface area contributed by atoms with Crippen LogP contribution in [0, 0.1) is 22.7 Å². The molecule has 6 heteroatoms. The van der Waals surface area contributed by atoms with Crippen LogP contribution >= 0.6 is 23.2 Å². The lowest BCUT2D eigenvalue weighted by atomic mass is 10.3. The summed E-state index contributed by atoms with van der Waals surface area (Å²) in [5.74, 6) is -0.476. The van der Waals surface area contributed by atoms with Gasteiger partial charge in [0, 0.05) is 13.1 Å². The number of rotatable bonds is 5. The Morgan fingerprint density at radius 1 is 1.27 bits per heavy atom. The zero-order valence-corrected chi connectivity index (χ0v) is 9.85. The molecular formula is C9H11Cl2N3O. The molecule has 0 aromatic rings. The monoisotopic (exact) mass is 247 g/mol. The highest BCUT2D eigenvalue weighted by Crippen LogP contribution is 2.22. The van der Waals surface area contributed by atoms with Crippen molar-refractivity contribution in [3.63, 3.8) is 0 Å². The Morgan fingerprint density at radius 2 is 1.67 bits per heavy atom. The van der Waals surface area contributed by atoms with Gasteiger partial charge in [0.05, 0.1) is 25.0 Å². The molecule has 82 valence electrons. The van der Waals surface area contributed by atoms with Crippen LogP contribution in [0.15, 0.2) is 0 Å². The Balaban J connectivity index is 4.43. The minimum absolute atomic E-state index is 0.195. The van der Waals surface area contributed by atoms with E-state index in [1.165, 1.54) is 11.8 Å². The quantitative estimate of drug-likeness (QED) is 0.697. The van der Waals surface area contributed by atoms with E-state index in [1.54, 1.807) is 0 Å². The Labute approximate surface area is 99.0 Å². The van der Waals surface area contributed by atoms with Gasteiger partial charge in [0.2, 0.25) is 0 Å². The molecule has 0 bridgehead atoms. The Bertz CT molecular complexity index is 280. The second kappa shape index (κ2) is 6.50. The van der Waals surface area contributed by atoms with Crippen LogP contribution in [0.5, 0.6) is 0 Å². The summed E-state index contributed by atoms with van der Waals surface area (Å²) in [5, 5.41) is 16.8. The van der Waals surface area contributed by atoms with Crippen LogP contribution in [0.4, 0.5) is 0 Å². The molecule has 0 saturated heterocycles. The molecule has 0 aliphatic heterocycles. The van der Waals surface area contributed by atoms with Crippen molar-refractivity contribution in [2.45, 2.75) is 24.1 Å². The third kappa shape index (κ3) is 5.47. The van der Waals surface area contributed by atoms with Crippen molar-refractivity contribution in [1.29, 1.82) is 10.5 Å². The first-order chi connectivity index (χ1) is 6.93. The molecule has 0 saturated carbocycles. The van der Waals surface area contributed by atoms with Crippen molar-refractivity contribution in [2.75, 3.05) is 13.1 Å². The average molecular weight is 248 g/mol. The van der Waals surface area contributed by atoms with Gasteiger partial charge in [-0.05, 0) is 6.92 Å². The van der Waals surface area contributed by atoms with Crippen LogP contribution in [0.25, 0.3) is 0 Å². The maximum Gasteiger partial charge on any atom is 0.258 e. The summed E-state index contributed by atoms with van der Waals surface area (Å²) in [6.45, 7) is 1.85. The number of halogens is 2. The normalized spacial score (nSPS) is 10.2. The molecule has 0 aliphatic carbocycles. The van der Waals surface area contributed by atoms with Crippen LogP contribution in [0.3, 0.4) is 0 Å². The standard InChI is InChI=1S/C9H11Cl2N3O/c1-9(10,11)8(15)14(6-2-4-12)7-3-5-13/h2-3,6-7H2,1H3. The molecule has 0 heterocycles. The molecule has 0 spiro atoms. The number of alkyl halides is 2. The van der Waals surface area contributed by atoms with E-state index in [0.717, 1.165) is 0 Å². The predicted molar refractivity (Wildman–Crippen MR) is 57.2 cm³/mol. The van der Waals surface area contributed by atoms with Gasteiger partial charge in [0.15, 0.2) is 4.33 Å². The molecule has 1 amide bonds. The number of hydrogen-bond donors (Lipinski definition) is 0. The minimum atomic E-state index is -1.51. The molecule has 0 aromatic heterocycles. The van der Waals surface area contributed by atoms with E-state index < -0.39 is 10.2 Å². The second-order valence-corrected chi connectivity index (χ2v) is 4.70. The highest BCUT2D eigenvalue weighted by molar-refractivity contribution is 6.57. The third-order valence-corrected chi connectivity index (χ3v) is 1.97. The van der Waals surface area contributed by atoms with E-state index in [4.69, 9.17) is 33.7 Å². The smallest absolute Gasteiger partial charge is 0.258 e. The molecule has 15 heavy (non-hydrogen) atoms. The SMILES string of the molecule is CC(Cl)(Cl)C(=O)N(CCC#N)CCC#N. The number of carbonyl (C=O) groups is 1. The lowest BCUT2D eigenvalue weighted by Crippen LogP contribution is -2.41. The van der Waals surface area contributed by atoms with Crippen molar-refractivity contribution in [3.05, 3.63) is 0 Å². The summed E-state index contributed by atoms with van der Waals surface area (Å²) in [7, 11) is 0. The Morgan fingerprint density at radius 3 is 1.93 bits per heavy atom. The van der Waals surface area contributed by atoms with E-state index in [2.05, 4.69) is 0 Å². The highest BCUT2D eigenvalue weighted by Gasteiger charge is 2.31. The molecule has 4 nitrogen and oxygen atoms in total. The highest BCUT2D eigenvalue weighted by atomic mass is 35.5. The zero-order chi connectivity index (χ0) is 11.9. The third-order valence-electron chi connectivity index (χ3n) is 1.65. The van der Waals surface area contributed by atoms with E-state index in [1.807, 2.05) is 12.1 Å². The number of carbonyl (C=O) groups excluding carboxylic acids is 1. The van der Waals surface area contributed by atoms with Crippen LogP contribution in [0.2, 0.25) is 0 Å². The predicted octanol–water partition coefficient (Wildman–Crippen LogP) is 1.84. The van der Waals surface area contributed by atoms with E-state index in [9.17, 15) is 4.79 Å². The van der Waals surface area contributed by atoms with Gasteiger partial charge in [-0.1, -0.05) is 23.2 Å². The van der Waals surface area contributed by atoms with Gasteiger partial charge in [0.25, 0.3) is 5.91 Å².